The summed E-state index contributed by atoms with van der Waals surface area (Å²) in [6, 6.07) is 16.9. The lowest BCUT2D eigenvalue weighted by atomic mass is 10.1. The summed E-state index contributed by atoms with van der Waals surface area (Å²) in [6.45, 7) is 1.57. The lowest BCUT2D eigenvalue weighted by molar-refractivity contribution is -0.141. The highest BCUT2D eigenvalue weighted by Crippen LogP contribution is 2.31. The number of benzene rings is 2. The van der Waals surface area contributed by atoms with E-state index in [1.165, 1.54) is 10.5 Å². The maximum atomic E-state index is 12.7. The van der Waals surface area contributed by atoms with Gasteiger partial charge in [-0.3, -0.25) is 4.79 Å². The highest BCUT2D eigenvalue weighted by atomic mass is 32.2. The van der Waals surface area contributed by atoms with Crippen molar-refractivity contribution in [3.8, 4) is 0 Å². The van der Waals surface area contributed by atoms with E-state index in [-0.39, 0.29) is 11.9 Å². The van der Waals surface area contributed by atoms with E-state index in [2.05, 4.69) is 12.1 Å². The van der Waals surface area contributed by atoms with Crippen LogP contribution < -0.4 is 0 Å². The molecule has 2 aromatic carbocycles. The van der Waals surface area contributed by atoms with Gasteiger partial charge in [-0.2, -0.15) is 0 Å². The highest BCUT2D eigenvalue weighted by molar-refractivity contribution is 7.98. The predicted octanol–water partition coefficient (Wildman–Crippen LogP) is 4.06. The van der Waals surface area contributed by atoms with Gasteiger partial charge in [-0.15, -0.1) is 11.8 Å². The molecule has 0 aromatic heterocycles. The fourth-order valence-corrected chi connectivity index (χ4v) is 3.57. The van der Waals surface area contributed by atoms with Crippen LogP contribution in [-0.4, -0.2) is 34.0 Å². The fraction of sp³-hybridized carbons (Fsp3) is 0.300. The molecule has 1 amide bonds. The largest absolute Gasteiger partial charge is 0.480 e. The second-order valence-corrected chi connectivity index (χ2v) is 7.31. The number of hydrogen-bond donors (Lipinski definition) is 1. The zero-order valence-corrected chi connectivity index (χ0v) is 14.9. The van der Waals surface area contributed by atoms with Gasteiger partial charge >= 0.3 is 5.97 Å². The zero-order chi connectivity index (χ0) is 17.8. The average Bonchev–Trinajstić information content (AvgIpc) is 3.46. The van der Waals surface area contributed by atoms with Gasteiger partial charge in [0.25, 0.3) is 5.91 Å². The summed E-state index contributed by atoms with van der Waals surface area (Å²) in [5, 5.41) is 9.25. The van der Waals surface area contributed by atoms with Gasteiger partial charge in [0, 0.05) is 22.3 Å². The Bertz CT molecular complexity index is 741. The molecule has 1 aliphatic rings. The zero-order valence-electron chi connectivity index (χ0n) is 14.1. The molecular weight excluding hydrogens is 334 g/mol. The van der Waals surface area contributed by atoms with Crippen molar-refractivity contribution in [1.82, 2.24) is 4.90 Å². The van der Waals surface area contributed by atoms with Crippen molar-refractivity contribution in [2.24, 2.45) is 0 Å². The molecule has 0 bridgehead atoms. The van der Waals surface area contributed by atoms with Crippen LogP contribution in [0.2, 0.25) is 0 Å². The van der Waals surface area contributed by atoms with Crippen LogP contribution in [0.1, 0.15) is 35.7 Å². The molecule has 1 fully saturated rings. The van der Waals surface area contributed by atoms with Crippen molar-refractivity contribution >= 4 is 23.6 Å². The number of nitrogens with zero attached hydrogens (tertiary/aromatic N) is 1. The van der Waals surface area contributed by atoms with Crippen molar-refractivity contribution < 1.29 is 14.7 Å². The first-order valence-electron chi connectivity index (χ1n) is 8.38. The minimum Gasteiger partial charge on any atom is -0.480 e. The Morgan fingerprint density at radius 1 is 1.12 bits per heavy atom. The number of carboxylic acid groups (broad SMARTS) is 1. The van der Waals surface area contributed by atoms with Gasteiger partial charge in [0.2, 0.25) is 0 Å². The molecule has 1 unspecified atom stereocenters. The standard InChI is InChI=1S/C20H21NO3S/c1-14(20(23)24)21(17-9-10-17)19(22)16-7-11-18(12-8-16)25-13-15-5-3-2-4-6-15/h2-8,11-12,14,17H,9-10,13H2,1H3,(H,23,24). The van der Waals surface area contributed by atoms with Gasteiger partial charge in [-0.25, -0.2) is 4.79 Å². The molecule has 4 nitrogen and oxygen atoms in total. The second-order valence-electron chi connectivity index (χ2n) is 6.26. The Hall–Kier alpha value is -2.27. The number of carbonyl (C=O) groups excluding carboxylic acids is 1. The molecular formula is C20H21NO3S. The molecule has 1 atom stereocenters. The third kappa shape index (κ3) is 4.42. The summed E-state index contributed by atoms with van der Waals surface area (Å²) in [6.07, 6.45) is 1.77. The Morgan fingerprint density at radius 3 is 2.32 bits per heavy atom. The molecule has 25 heavy (non-hydrogen) atoms. The van der Waals surface area contributed by atoms with E-state index in [0.29, 0.717) is 5.56 Å². The van der Waals surface area contributed by atoms with Crippen LogP contribution in [0.3, 0.4) is 0 Å². The molecule has 2 aromatic rings. The number of aliphatic carboxylic acids is 1. The SMILES string of the molecule is CC(C(=O)O)N(C(=O)c1ccc(SCc2ccccc2)cc1)C1CC1. The molecule has 5 heteroatoms. The number of carbonyl (C=O) groups is 2. The average molecular weight is 355 g/mol. The van der Waals surface area contributed by atoms with E-state index < -0.39 is 12.0 Å². The lowest BCUT2D eigenvalue weighted by Crippen LogP contribution is -2.44. The number of thioether (sulfide) groups is 1. The lowest BCUT2D eigenvalue weighted by Gasteiger charge is -2.26. The predicted molar refractivity (Wildman–Crippen MR) is 98.7 cm³/mol. The molecule has 0 radical (unpaired) electrons. The Morgan fingerprint density at radius 2 is 1.76 bits per heavy atom. The molecule has 1 saturated carbocycles. The minimum atomic E-state index is -0.963. The number of hydrogen-bond acceptors (Lipinski definition) is 3. The first-order valence-corrected chi connectivity index (χ1v) is 9.37. The number of amides is 1. The molecule has 3 rings (SSSR count). The Labute approximate surface area is 151 Å². The Kier molecular flexibility index (Phi) is 5.43. The van der Waals surface area contributed by atoms with Crippen LogP contribution in [0.4, 0.5) is 0 Å². The van der Waals surface area contributed by atoms with Crippen molar-refractivity contribution in [2.45, 2.75) is 42.5 Å². The van der Waals surface area contributed by atoms with Gasteiger partial charge in [-0.05, 0) is 49.6 Å². The normalized spacial score (nSPS) is 14.8. The van der Waals surface area contributed by atoms with Crippen LogP contribution in [0, 0.1) is 0 Å². The summed E-state index contributed by atoms with van der Waals surface area (Å²) < 4.78 is 0. The second kappa shape index (κ2) is 7.74. The van der Waals surface area contributed by atoms with E-state index in [1.54, 1.807) is 30.8 Å². The van der Waals surface area contributed by atoms with Crippen LogP contribution in [0.15, 0.2) is 59.5 Å². The maximum Gasteiger partial charge on any atom is 0.326 e. The first-order chi connectivity index (χ1) is 12.1. The van der Waals surface area contributed by atoms with Crippen molar-refractivity contribution in [3.05, 3.63) is 65.7 Å². The van der Waals surface area contributed by atoms with Gasteiger partial charge in [0.05, 0.1) is 0 Å². The van der Waals surface area contributed by atoms with Crippen LogP contribution in [-0.2, 0) is 10.5 Å². The van der Waals surface area contributed by atoms with E-state index in [1.807, 2.05) is 30.3 Å². The van der Waals surface area contributed by atoms with Crippen molar-refractivity contribution in [2.75, 3.05) is 0 Å². The fourth-order valence-electron chi connectivity index (χ4n) is 2.71. The number of carboxylic acids is 1. The Balaban J connectivity index is 1.66. The summed E-state index contributed by atoms with van der Waals surface area (Å²) >= 11 is 1.71. The van der Waals surface area contributed by atoms with Crippen molar-refractivity contribution in [3.63, 3.8) is 0 Å². The van der Waals surface area contributed by atoms with E-state index in [9.17, 15) is 14.7 Å². The topological polar surface area (TPSA) is 57.6 Å². The maximum absolute atomic E-state index is 12.7. The number of rotatable bonds is 7. The van der Waals surface area contributed by atoms with Gasteiger partial charge in [0.15, 0.2) is 0 Å². The molecule has 130 valence electrons. The van der Waals surface area contributed by atoms with Gasteiger partial charge in [0.1, 0.15) is 6.04 Å². The summed E-state index contributed by atoms with van der Waals surface area (Å²) in [4.78, 5) is 26.6. The van der Waals surface area contributed by atoms with Crippen molar-refractivity contribution in [1.29, 1.82) is 0 Å². The molecule has 1 aliphatic carbocycles. The molecule has 0 spiro atoms. The minimum absolute atomic E-state index is 0.0609. The molecule has 0 aliphatic heterocycles. The third-order valence-electron chi connectivity index (χ3n) is 4.30. The third-order valence-corrected chi connectivity index (χ3v) is 5.38. The van der Waals surface area contributed by atoms with Crippen LogP contribution >= 0.6 is 11.8 Å². The van der Waals surface area contributed by atoms with Crippen LogP contribution in [0.25, 0.3) is 0 Å². The molecule has 1 N–H and O–H groups in total. The summed E-state index contributed by atoms with van der Waals surface area (Å²) in [7, 11) is 0. The van der Waals surface area contributed by atoms with E-state index in [4.69, 9.17) is 0 Å². The molecule has 0 heterocycles. The van der Waals surface area contributed by atoms with E-state index >= 15 is 0 Å². The smallest absolute Gasteiger partial charge is 0.326 e. The molecule has 0 saturated heterocycles. The first kappa shape index (κ1) is 17.5. The highest BCUT2D eigenvalue weighted by Gasteiger charge is 2.38. The quantitative estimate of drug-likeness (QED) is 0.761. The van der Waals surface area contributed by atoms with Gasteiger partial charge < -0.3 is 10.0 Å². The summed E-state index contributed by atoms with van der Waals surface area (Å²) in [5.74, 6) is -0.287. The summed E-state index contributed by atoms with van der Waals surface area (Å²) in [5.41, 5.74) is 1.80. The van der Waals surface area contributed by atoms with Gasteiger partial charge in [-0.1, -0.05) is 30.3 Å². The van der Waals surface area contributed by atoms with E-state index in [0.717, 1.165) is 23.5 Å². The monoisotopic (exact) mass is 355 g/mol. The van der Waals surface area contributed by atoms with Crippen LogP contribution in [0.5, 0.6) is 0 Å².